The smallest absolute Gasteiger partial charge is 0.264 e. The van der Waals surface area contributed by atoms with Crippen LogP contribution in [0.25, 0.3) is 0 Å². The van der Waals surface area contributed by atoms with Crippen molar-refractivity contribution in [3.05, 3.63) is 83.9 Å². The zero-order valence-corrected chi connectivity index (χ0v) is 26.8. The number of rotatable bonds is 14. The van der Waals surface area contributed by atoms with Crippen LogP contribution >= 0.6 is 0 Å². The van der Waals surface area contributed by atoms with Crippen LogP contribution in [0, 0.1) is 6.92 Å². The van der Waals surface area contributed by atoms with Crippen molar-refractivity contribution in [3.8, 4) is 11.5 Å². The molecule has 3 aromatic rings. The van der Waals surface area contributed by atoms with E-state index in [-0.39, 0.29) is 29.1 Å². The lowest BCUT2D eigenvalue weighted by molar-refractivity contribution is -0.139. The van der Waals surface area contributed by atoms with Gasteiger partial charge in [0.1, 0.15) is 12.6 Å². The molecule has 1 N–H and O–H groups in total. The molecule has 0 bridgehead atoms. The molecule has 4 rings (SSSR count). The van der Waals surface area contributed by atoms with Gasteiger partial charge in [0.25, 0.3) is 10.0 Å². The normalized spacial score (nSPS) is 14.1. The molecule has 1 saturated carbocycles. The molecule has 1 aliphatic carbocycles. The van der Waals surface area contributed by atoms with Gasteiger partial charge in [0.2, 0.25) is 11.8 Å². The summed E-state index contributed by atoms with van der Waals surface area (Å²) >= 11 is 0. The molecule has 0 aromatic heterocycles. The summed E-state index contributed by atoms with van der Waals surface area (Å²) in [4.78, 5) is 29.3. The predicted octanol–water partition coefficient (Wildman–Crippen LogP) is 5.12. The molecular formula is C34H43N3O6S. The molecule has 44 heavy (non-hydrogen) atoms. The Morgan fingerprint density at radius 3 is 2.20 bits per heavy atom. The van der Waals surface area contributed by atoms with Crippen molar-refractivity contribution in [2.24, 2.45) is 0 Å². The summed E-state index contributed by atoms with van der Waals surface area (Å²) < 4.78 is 40.2. The van der Waals surface area contributed by atoms with Gasteiger partial charge in [-0.25, -0.2) is 8.42 Å². The van der Waals surface area contributed by atoms with E-state index in [1.54, 1.807) is 29.2 Å². The molecule has 1 atom stereocenters. The highest BCUT2D eigenvalue weighted by atomic mass is 32.2. The van der Waals surface area contributed by atoms with E-state index in [1.807, 2.05) is 44.2 Å². The van der Waals surface area contributed by atoms with Crippen LogP contribution in [0.1, 0.15) is 50.2 Å². The van der Waals surface area contributed by atoms with Crippen LogP contribution in [0.15, 0.2) is 77.7 Å². The first-order valence-corrected chi connectivity index (χ1v) is 16.6. The maximum Gasteiger partial charge on any atom is 0.264 e. The fraction of sp³-hybridized carbons (Fsp3) is 0.412. The van der Waals surface area contributed by atoms with E-state index in [4.69, 9.17) is 9.47 Å². The second-order valence-corrected chi connectivity index (χ2v) is 13.0. The molecule has 1 aliphatic rings. The van der Waals surface area contributed by atoms with Gasteiger partial charge in [0.05, 0.1) is 24.8 Å². The molecule has 1 fully saturated rings. The van der Waals surface area contributed by atoms with Crippen molar-refractivity contribution in [2.75, 3.05) is 31.6 Å². The lowest BCUT2D eigenvalue weighted by Gasteiger charge is -2.33. The van der Waals surface area contributed by atoms with Gasteiger partial charge in [0.15, 0.2) is 11.5 Å². The molecule has 0 saturated heterocycles. The van der Waals surface area contributed by atoms with Crippen molar-refractivity contribution in [1.82, 2.24) is 10.2 Å². The average molecular weight is 622 g/mol. The predicted molar refractivity (Wildman–Crippen MR) is 172 cm³/mol. The van der Waals surface area contributed by atoms with Crippen molar-refractivity contribution >= 4 is 27.5 Å². The minimum atomic E-state index is -4.24. The van der Waals surface area contributed by atoms with E-state index in [0.717, 1.165) is 41.1 Å². The Morgan fingerprint density at radius 1 is 0.932 bits per heavy atom. The largest absolute Gasteiger partial charge is 0.493 e. The number of carbonyl (C=O) groups is 2. The van der Waals surface area contributed by atoms with Gasteiger partial charge in [0, 0.05) is 18.7 Å². The van der Waals surface area contributed by atoms with Crippen LogP contribution in [0.5, 0.6) is 11.5 Å². The quantitative estimate of drug-likeness (QED) is 0.268. The number of carbonyl (C=O) groups excluding carboxylic acids is 2. The number of nitrogens with zero attached hydrogens (tertiary/aromatic N) is 2. The zero-order valence-electron chi connectivity index (χ0n) is 26.0. The van der Waals surface area contributed by atoms with E-state index in [1.165, 1.54) is 32.4 Å². The van der Waals surface area contributed by atoms with Crippen molar-refractivity contribution in [2.45, 2.75) is 69.4 Å². The molecule has 0 radical (unpaired) electrons. The van der Waals surface area contributed by atoms with Crippen molar-refractivity contribution in [3.63, 3.8) is 0 Å². The minimum absolute atomic E-state index is 0.0506. The van der Waals surface area contributed by atoms with Gasteiger partial charge >= 0.3 is 0 Å². The summed E-state index contributed by atoms with van der Waals surface area (Å²) in [5.41, 5.74) is 2.30. The van der Waals surface area contributed by atoms with Crippen molar-refractivity contribution in [1.29, 1.82) is 0 Å². The molecule has 0 unspecified atom stereocenters. The fourth-order valence-corrected chi connectivity index (χ4v) is 7.04. The second kappa shape index (κ2) is 15.1. The van der Waals surface area contributed by atoms with Gasteiger partial charge in [-0.2, -0.15) is 0 Å². The van der Waals surface area contributed by atoms with E-state index in [2.05, 4.69) is 5.32 Å². The van der Waals surface area contributed by atoms with Gasteiger partial charge in [-0.3, -0.25) is 13.9 Å². The summed E-state index contributed by atoms with van der Waals surface area (Å²) in [6.45, 7) is 3.56. The molecule has 0 heterocycles. The van der Waals surface area contributed by atoms with Crippen LogP contribution in [0.2, 0.25) is 0 Å². The number of amides is 2. The number of sulfonamides is 1. The molecule has 236 valence electrons. The number of hydrogen-bond donors (Lipinski definition) is 1. The molecule has 0 aliphatic heterocycles. The molecule has 2 amide bonds. The second-order valence-electron chi connectivity index (χ2n) is 11.1. The van der Waals surface area contributed by atoms with Crippen molar-refractivity contribution < 1.29 is 27.5 Å². The topological polar surface area (TPSA) is 105 Å². The molecule has 9 nitrogen and oxygen atoms in total. The molecular weight excluding hydrogens is 578 g/mol. The highest BCUT2D eigenvalue weighted by Gasteiger charge is 2.34. The summed E-state index contributed by atoms with van der Waals surface area (Å²) in [6, 6.07) is 20.4. The first-order valence-electron chi connectivity index (χ1n) is 15.1. The first kappa shape index (κ1) is 32.9. The standard InChI is InChI=1S/C34H43N3O6S/c1-5-30(34(39)35-27-13-9-10-14-27)36(22-21-26-11-7-6-8-12-26)33(38)24-37(28-17-15-25(2)16-18-28)44(40,41)29-19-20-31(42-3)32(23-29)43-4/h6-8,11-12,15-20,23,27,30H,5,9-10,13-14,21-22,24H2,1-4H3,(H,35,39)/t30-/m1/s1. The van der Waals surface area contributed by atoms with E-state index in [9.17, 15) is 18.0 Å². The highest BCUT2D eigenvalue weighted by molar-refractivity contribution is 7.92. The number of hydrogen-bond acceptors (Lipinski definition) is 6. The third kappa shape index (κ3) is 7.91. The van der Waals surface area contributed by atoms with Crippen LogP contribution in [-0.2, 0) is 26.0 Å². The fourth-order valence-electron chi connectivity index (χ4n) is 5.61. The zero-order chi connectivity index (χ0) is 31.7. The number of nitrogens with one attached hydrogen (secondary N) is 1. The monoisotopic (exact) mass is 621 g/mol. The van der Waals surface area contributed by atoms with Crippen LogP contribution < -0.4 is 19.1 Å². The Hall–Kier alpha value is -4.05. The van der Waals surface area contributed by atoms with Gasteiger partial charge in [-0.05, 0) is 62.4 Å². The maximum absolute atomic E-state index is 14.3. The van der Waals surface area contributed by atoms with Gasteiger partial charge in [-0.1, -0.05) is 67.8 Å². The number of ether oxygens (including phenoxy) is 2. The van der Waals surface area contributed by atoms with Gasteiger partial charge < -0.3 is 19.7 Å². The summed E-state index contributed by atoms with van der Waals surface area (Å²) in [5, 5.41) is 3.14. The van der Waals surface area contributed by atoms with Crippen LogP contribution in [-0.4, -0.2) is 64.5 Å². The molecule has 0 spiro atoms. The van der Waals surface area contributed by atoms with E-state index >= 15 is 0 Å². The Bertz CT molecular complexity index is 1510. The highest BCUT2D eigenvalue weighted by Crippen LogP contribution is 2.32. The van der Waals surface area contributed by atoms with Crippen LogP contribution in [0.3, 0.4) is 0 Å². The maximum atomic E-state index is 14.3. The summed E-state index contributed by atoms with van der Waals surface area (Å²) in [7, 11) is -1.34. The van der Waals surface area contributed by atoms with E-state index in [0.29, 0.717) is 24.3 Å². The SMILES string of the molecule is CC[C@H](C(=O)NC1CCCC1)N(CCc1ccccc1)C(=O)CN(c1ccc(C)cc1)S(=O)(=O)c1ccc(OC)c(OC)c1. The van der Waals surface area contributed by atoms with Crippen LogP contribution in [0.4, 0.5) is 5.69 Å². The Labute approximate surface area is 261 Å². The lowest BCUT2D eigenvalue weighted by Crippen LogP contribution is -2.54. The lowest BCUT2D eigenvalue weighted by atomic mass is 10.1. The van der Waals surface area contributed by atoms with Gasteiger partial charge in [-0.15, -0.1) is 0 Å². The third-order valence-corrected chi connectivity index (χ3v) is 9.89. The number of methoxy groups -OCH3 is 2. The average Bonchev–Trinajstić information content (AvgIpc) is 3.55. The molecule has 10 heteroatoms. The van der Waals surface area contributed by atoms with E-state index < -0.39 is 28.5 Å². The first-order chi connectivity index (χ1) is 21.2. The Morgan fingerprint density at radius 2 is 1.59 bits per heavy atom. The number of benzene rings is 3. The molecule has 3 aromatic carbocycles. The Balaban J connectivity index is 1.70. The summed E-state index contributed by atoms with van der Waals surface area (Å²) in [5.74, 6) is -0.0251. The number of aryl methyl sites for hydroxylation is 1. The Kier molecular flexibility index (Phi) is 11.3. The minimum Gasteiger partial charge on any atom is -0.493 e. The third-order valence-electron chi connectivity index (χ3n) is 8.12. The number of anilines is 1. The summed E-state index contributed by atoms with van der Waals surface area (Å²) in [6.07, 6.45) is 4.89.